The third-order valence-electron chi connectivity index (χ3n) is 6.65. The van der Waals surface area contributed by atoms with Gasteiger partial charge in [0.25, 0.3) is 0 Å². The van der Waals surface area contributed by atoms with E-state index in [2.05, 4.69) is 20.8 Å². The van der Waals surface area contributed by atoms with Gasteiger partial charge in [0.05, 0.1) is 18.5 Å². The van der Waals surface area contributed by atoms with Crippen LogP contribution in [0.25, 0.3) is 0 Å². The molecule has 9 heteroatoms. The number of aryl methyl sites for hydroxylation is 1. The summed E-state index contributed by atoms with van der Waals surface area (Å²) in [5, 5.41) is 26.0. The summed E-state index contributed by atoms with van der Waals surface area (Å²) in [7, 11) is 0. The first kappa shape index (κ1) is 22.3. The Labute approximate surface area is 198 Å². The first-order chi connectivity index (χ1) is 16.6. The average molecular weight is 464 g/mol. The van der Waals surface area contributed by atoms with Crippen LogP contribution in [0.3, 0.4) is 0 Å². The van der Waals surface area contributed by atoms with E-state index in [1.807, 2.05) is 54.1 Å². The van der Waals surface area contributed by atoms with E-state index in [1.165, 1.54) is 6.42 Å². The zero-order valence-electron chi connectivity index (χ0n) is 19.2. The Morgan fingerprint density at radius 3 is 2.59 bits per heavy atom. The number of rotatable bonds is 8. The summed E-state index contributed by atoms with van der Waals surface area (Å²) >= 11 is 0. The van der Waals surface area contributed by atoms with Crippen LogP contribution < -0.4 is 14.8 Å². The van der Waals surface area contributed by atoms with E-state index >= 15 is 0 Å². The van der Waals surface area contributed by atoms with Crippen LogP contribution in [0.4, 0.5) is 0 Å². The van der Waals surface area contributed by atoms with Crippen molar-refractivity contribution in [3.8, 4) is 11.5 Å². The van der Waals surface area contributed by atoms with Crippen LogP contribution in [0.1, 0.15) is 79.2 Å². The van der Waals surface area contributed by atoms with E-state index in [9.17, 15) is 9.90 Å². The molecule has 0 saturated heterocycles. The van der Waals surface area contributed by atoms with E-state index in [0.717, 1.165) is 42.4 Å². The number of benzene rings is 2. The van der Waals surface area contributed by atoms with Crippen LogP contribution in [0, 0.1) is 6.92 Å². The number of aromatic nitrogens is 4. The number of aliphatic carboxylic acids is 1. The first-order valence-electron chi connectivity index (χ1n) is 11.8. The Hall–Kier alpha value is -3.46. The van der Waals surface area contributed by atoms with Crippen LogP contribution in [-0.4, -0.2) is 38.1 Å². The second kappa shape index (κ2) is 9.80. The lowest BCUT2D eigenvalue weighted by molar-refractivity contribution is -0.137. The lowest BCUT2D eigenvalue weighted by Gasteiger charge is -2.28. The number of tetrazole rings is 1. The fourth-order valence-electron chi connectivity index (χ4n) is 4.84. The second-order valence-electron chi connectivity index (χ2n) is 9.05. The van der Waals surface area contributed by atoms with Gasteiger partial charge >= 0.3 is 5.97 Å². The van der Waals surface area contributed by atoms with Crippen molar-refractivity contribution in [2.45, 2.75) is 63.6 Å². The largest absolute Gasteiger partial charge is 0.481 e. The molecule has 2 heterocycles. The maximum absolute atomic E-state index is 11.8. The van der Waals surface area contributed by atoms with Crippen molar-refractivity contribution in [2.24, 2.45) is 0 Å². The molecule has 0 amide bonds. The topological polar surface area (TPSA) is 111 Å². The molecule has 9 nitrogen and oxygen atoms in total. The summed E-state index contributed by atoms with van der Waals surface area (Å²) in [6.07, 6.45) is 5.51. The van der Waals surface area contributed by atoms with Crippen LogP contribution in [0.15, 0.2) is 42.5 Å². The zero-order valence-corrected chi connectivity index (χ0v) is 19.2. The molecule has 178 valence electrons. The number of hydrogen-bond donors (Lipinski definition) is 2. The Balaban J connectivity index is 1.54. The molecule has 5 rings (SSSR count). The van der Waals surface area contributed by atoms with E-state index in [-0.39, 0.29) is 19.3 Å². The van der Waals surface area contributed by atoms with Gasteiger partial charge in [-0.25, -0.2) is 4.68 Å². The smallest absolute Gasteiger partial charge is 0.305 e. The van der Waals surface area contributed by atoms with Gasteiger partial charge in [0, 0.05) is 6.04 Å². The van der Waals surface area contributed by atoms with Gasteiger partial charge in [-0.1, -0.05) is 55.2 Å². The summed E-state index contributed by atoms with van der Waals surface area (Å²) < 4.78 is 13.0. The second-order valence-corrected chi connectivity index (χ2v) is 9.05. The molecule has 1 aliphatic carbocycles. The van der Waals surface area contributed by atoms with E-state index in [0.29, 0.717) is 17.3 Å². The summed E-state index contributed by atoms with van der Waals surface area (Å²) in [4.78, 5) is 11.8. The molecule has 2 aliphatic rings. The quantitative estimate of drug-likeness (QED) is 0.513. The van der Waals surface area contributed by atoms with Crippen LogP contribution in [0.2, 0.25) is 0 Å². The number of carboxylic acids is 1. The summed E-state index contributed by atoms with van der Waals surface area (Å²) in [6, 6.07) is 13.0. The van der Waals surface area contributed by atoms with Gasteiger partial charge in [0.1, 0.15) is 0 Å². The lowest BCUT2D eigenvalue weighted by Crippen LogP contribution is -2.32. The summed E-state index contributed by atoms with van der Waals surface area (Å²) in [5.74, 6) is 1.14. The molecule has 0 radical (unpaired) electrons. The monoisotopic (exact) mass is 463 g/mol. The maximum atomic E-state index is 11.8. The van der Waals surface area contributed by atoms with Crippen molar-refractivity contribution in [1.82, 2.24) is 25.5 Å². The SMILES string of the molecule is Cc1ccc(C(CC(=O)O)NC(c2ccc3c(c2)OCO3)c2nnnn2C2CCCCC2)cc1. The molecular weight excluding hydrogens is 434 g/mol. The number of carbonyl (C=O) groups is 1. The number of carboxylic acid groups (broad SMARTS) is 1. The molecule has 2 N–H and O–H groups in total. The van der Waals surface area contributed by atoms with Gasteiger partial charge in [-0.3, -0.25) is 10.1 Å². The molecule has 2 unspecified atom stereocenters. The molecule has 0 bridgehead atoms. The van der Waals surface area contributed by atoms with E-state index in [4.69, 9.17) is 9.47 Å². The highest BCUT2D eigenvalue weighted by atomic mass is 16.7. The Kier molecular flexibility index (Phi) is 6.44. The molecule has 1 fully saturated rings. The minimum atomic E-state index is -0.880. The minimum Gasteiger partial charge on any atom is -0.481 e. The highest BCUT2D eigenvalue weighted by molar-refractivity contribution is 5.68. The normalized spacial score (nSPS) is 17.4. The van der Waals surface area contributed by atoms with Crippen LogP contribution in [-0.2, 0) is 4.79 Å². The molecule has 3 aromatic rings. The van der Waals surface area contributed by atoms with Crippen molar-refractivity contribution in [3.63, 3.8) is 0 Å². The predicted molar refractivity (Wildman–Crippen MR) is 124 cm³/mol. The first-order valence-corrected chi connectivity index (χ1v) is 11.8. The van der Waals surface area contributed by atoms with Gasteiger partial charge in [-0.15, -0.1) is 5.10 Å². The molecule has 2 aromatic carbocycles. The van der Waals surface area contributed by atoms with Gasteiger partial charge in [0.15, 0.2) is 17.3 Å². The number of ether oxygens (including phenoxy) is 2. The number of hydrogen-bond acceptors (Lipinski definition) is 7. The van der Waals surface area contributed by atoms with Crippen molar-refractivity contribution < 1.29 is 19.4 Å². The highest BCUT2D eigenvalue weighted by Gasteiger charge is 2.30. The van der Waals surface area contributed by atoms with Gasteiger partial charge < -0.3 is 14.6 Å². The molecule has 1 saturated carbocycles. The van der Waals surface area contributed by atoms with E-state index < -0.39 is 18.1 Å². The van der Waals surface area contributed by atoms with Crippen LogP contribution in [0.5, 0.6) is 11.5 Å². The highest BCUT2D eigenvalue weighted by Crippen LogP contribution is 2.37. The Bertz CT molecular complexity index is 1140. The number of nitrogens with zero attached hydrogens (tertiary/aromatic N) is 4. The van der Waals surface area contributed by atoms with E-state index in [1.54, 1.807) is 0 Å². The molecule has 2 atom stereocenters. The fraction of sp³-hybridized carbons (Fsp3) is 0.440. The molecule has 34 heavy (non-hydrogen) atoms. The maximum Gasteiger partial charge on any atom is 0.305 e. The standard InChI is InChI=1S/C25H29N5O4/c1-16-7-9-17(10-8-16)20(14-23(31)32)26-24(18-11-12-21-22(13-18)34-15-33-21)25-27-28-29-30(25)19-5-3-2-4-6-19/h7-13,19-20,24,26H,2-6,14-15H2,1H3,(H,31,32). The molecule has 0 spiro atoms. The van der Waals surface area contributed by atoms with Crippen molar-refractivity contribution in [2.75, 3.05) is 6.79 Å². The molecule has 1 aromatic heterocycles. The van der Waals surface area contributed by atoms with Crippen molar-refractivity contribution in [1.29, 1.82) is 0 Å². The zero-order chi connectivity index (χ0) is 23.5. The lowest BCUT2D eigenvalue weighted by atomic mass is 9.94. The third-order valence-corrected chi connectivity index (χ3v) is 6.65. The summed E-state index contributed by atoms with van der Waals surface area (Å²) in [5.41, 5.74) is 2.90. The predicted octanol–water partition coefficient (Wildman–Crippen LogP) is 4.11. The molecule has 1 aliphatic heterocycles. The Morgan fingerprint density at radius 1 is 1.09 bits per heavy atom. The number of nitrogens with one attached hydrogen (secondary N) is 1. The fourth-order valence-corrected chi connectivity index (χ4v) is 4.84. The number of fused-ring (bicyclic) bond motifs is 1. The average Bonchev–Trinajstić information content (AvgIpc) is 3.52. The van der Waals surface area contributed by atoms with Crippen molar-refractivity contribution in [3.05, 3.63) is 65.0 Å². The van der Waals surface area contributed by atoms with Gasteiger partial charge in [-0.05, 0) is 53.5 Å². The Morgan fingerprint density at radius 2 is 1.82 bits per heavy atom. The summed E-state index contributed by atoms with van der Waals surface area (Å²) in [6.45, 7) is 2.19. The molecular formula is C25H29N5O4. The van der Waals surface area contributed by atoms with Gasteiger partial charge in [-0.2, -0.15) is 0 Å². The minimum absolute atomic E-state index is 0.0743. The van der Waals surface area contributed by atoms with Crippen LogP contribution >= 0.6 is 0 Å². The third kappa shape index (κ3) is 4.75. The van der Waals surface area contributed by atoms with Crippen molar-refractivity contribution >= 4 is 5.97 Å². The van der Waals surface area contributed by atoms with Gasteiger partial charge in [0.2, 0.25) is 6.79 Å².